The number of benzene rings is 1. The van der Waals surface area contributed by atoms with Crippen molar-refractivity contribution in [3.05, 3.63) is 71.4 Å². The summed E-state index contributed by atoms with van der Waals surface area (Å²) in [7, 11) is 1.38. The summed E-state index contributed by atoms with van der Waals surface area (Å²) in [5.41, 5.74) is 3.02. The van der Waals surface area contributed by atoms with Crippen molar-refractivity contribution in [3.63, 3.8) is 0 Å². The Hall–Kier alpha value is -4.76. The highest BCUT2D eigenvalue weighted by Gasteiger charge is 2.43. The maximum absolute atomic E-state index is 14.6. The molecule has 3 aliphatic rings. The quantitative estimate of drug-likeness (QED) is 0.267. The Labute approximate surface area is 258 Å². The van der Waals surface area contributed by atoms with Crippen LogP contribution in [-0.4, -0.2) is 82.9 Å². The highest BCUT2D eigenvalue weighted by atomic mass is 19.3. The van der Waals surface area contributed by atoms with Crippen molar-refractivity contribution >= 4 is 23.2 Å². The number of ether oxygens (including phenoxy) is 1. The van der Waals surface area contributed by atoms with Gasteiger partial charge in [0.15, 0.2) is 11.6 Å². The van der Waals surface area contributed by atoms with Gasteiger partial charge in [-0.15, -0.1) is 0 Å². The number of H-pyrrole nitrogens is 1. The van der Waals surface area contributed by atoms with Gasteiger partial charge in [-0.3, -0.25) is 19.5 Å². The van der Waals surface area contributed by atoms with Gasteiger partial charge < -0.3 is 25.3 Å². The van der Waals surface area contributed by atoms with Crippen LogP contribution in [0.15, 0.2) is 48.8 Å². The van der Waals surface area contributed by atoms with E-state index in [1.165, 1.54) is 19.3 Å². The summed E-state index contributed by atoms with van der Waals surface area (Å²) < 4.78 is 46.1. The molecule has 1 aromatic carbocycles. The largest absolute Gasteiger partial charge is 0.492 e. The number of aromatic amines is 1. The van der Waals surface area contributed by atoms with Crippen molar-refractivity contribution in [2.75, 3.05) is 45.2 Å². The van der Waals surface area contributed by atoms with E-state index in [0.29, 0.717) is 59.7 Å². The number of carbonyl (C=O) groups excluding carboxylic acids is 2. The predicted octanol–water partition coefficient (Wildman–Crippen LogP) is 4.49. The zero-order chi connectivity index (χ0) is 31.8. The molecule has 45 heavy (non-hydrogen) atoms. The molecule has 6 rings (SSSR count). The van der Waals surface area contributed by atoms with Gasteiger partial charge in [0.05, 0.1) is 48.4 Å². The van der Waals surface area contributed by atoms with Crippen molar-refractivity contribution in [1.29, 1.82) is 0 Å². The van der Waals surface area contributed by atoms with E-state index in [0.717, 1.165) is 12.1 Å². The number of halogens is 3. The molecule has 5 heterocycles. The molecule has 0 radical (unpaired) electrons. The molecule has 2 amide bonds. The summed E-state index contributed by atoms with van der Waals surface area (Å²) in [5.74, 6) is 2.87. The molecule has 0 saturated carbocycles. The standard InChI is InChI=1S/C33H33F3N6O3/c1-32(12-5-17-42(32)26(43)8-4-16-41-19-33(35,36)20-41)13-9-21-18-37-14-10-22(21)28-29(27-24(39-28)11-15-38-31(27)44)40-25-7-3-6-23(34)30(25)45-2/h3-4,6-8,10,14,18,39-40H,5,11-12,15-17,19-20H2,1-2H3,(H,38,44)/b8-4+/t32-/m1/s1. The van der Waals surface area contributed by atoms with Crippen LogP contribution in [-0.2, 0) is 11.2 Å². The number of para-hydroxylation sites is 1. The Bertz CT molecular complexity index is 1730. The van der Waals surface area contributed by atoms with Crippen LogP contribution in [0, 0.1) is 17.7 Å². The Morgan fingerprint density at radius 2 is 2.09 bits per heavy atom. The second kappa shape index (κ2) is 12.0. The minimum atomic E-state index is -2.65. The number of nitrogens with zero attached hydrogens (tertiary/aromatic N) is 3. The Kier molecular flexibility index (Phi) is 8.05. The number of hydrogen-bond donors (Lipinski definition) is 3. The zero-order valence-electron chi connectivity index (χ0n) is 25.0. The van der Waals surface area contributed by atoms with Gasteiger partial charge in [-0.2, -0.15) is 0 Å². The molecule has 0 spiro atoms. The molecule has 0 bridgehead atoms. The van der Waals surface area contributed by atoms with Gasteiger partial charge in [0.1, 0.15) is 5.54 Å². The van der Waals surface area contributed by atoms with Gasteiger partial charge in [-0.05, 0) is 38.0 Å². The van der Waals surface area contributed by atoms with E-state index in [-0.39, 0.29) is 37.2 Å². The lowest BCUT2D eigenvalue weighted by Gasteiger charge is -2.37. The second-order valence-electron chi connectivity index (χ2n) is 11.6. The molecule has 2 fully saturated rings. The van der Waals surface area contributed by atoms with E-state index in [1.807, 2.05) is 6.92 Å². The Morgan fingerprint density at radius 3 is 2.87 bits per heavy atom. The number of fused-ring (bicyclic) bond motifs is 1. The zero-order valence-corrected chi connectivity index (χ0v) is 25.0. The highest BCUT2D eigenvalue weighted by Crippen LogP contribution is 2.40. The summed E-state index contributed by atoms with van der Waals surface area (Å²) in [6.07, 6.45) is 8.31. The number of pyridine rings is 1. The van der Waals surface area contributed by atoms with Crippen LogP contribution in [0.25, 0.3) is 11.3 Å². The van der Waals surface area contributed by atoms with E-state index < -0.39 is 17.3 Å². The van der Waals surface area contributed by atoms with Gasteiger partial charge in [0.2, 0.25) is 5.91 Å². The number of nitrogens with one attached hydrogen (secondary N) is 3. The number of rotatable bonds is 7. The SMILES string of the molecule is COc1c(F)cccc1Nc1c(-c2ccncc2C#C[C@@]2(C)CCCN2C(=O)/C=C/CN2CC(F)(F)C2)[nH]c2c1C(=O)NCC2. The number of amides is 2. The minimum Gasteiger partial charge on any atom is -0.492 e. The van der Waals surface area contributed by atoms with E-state index in [2.05, 4.69) is 32.4 Å². The van der Waals surface area contributed by atoms with Crippen molar-refractivity contribution in [2.24, 2.45) is 0 Å². The minimum absolute atomic E-state index is 0.0140. The van der Waals surface area contributed by atoms with Gasteiger partial charge in [0.25, 0.3) is 11.8 Å². The molecule has 1 atom stereocenters. The molecule has 3 N–H and O–H groups in total. The summed E-state index contributed by atoms with van der Waals surface area (Å²) >= 11 is 0. The highest BCUT2D eigenvalue weighted by molar-refractivity contribution is 6.06. The molecular weight excluding hydrogens is 585 g/mol. The van der Waals surface area contributed by atoms with Gasteiger partial charge in [-0.1, -0.05) is 24.0 Å². The summed E-state index contributed by atoms with van der Waals surface area (Å²) in [4.78, 5) is 37.1. The first-order chi connectivity index (χ1) is 21.6. The molecule has 2 saturated heterocycles. The molecule has 0 aliphatic carbocycles. The monoisotopic (exact) mass is 618 g/mol. The van der Waals surface area contributed by atoms with Crippen LogP contribution < -0.4 is 15.4 Å². The third-order valence-electron chi connectivity index (χ3n) is 8.39. The molecular formula is C33H33F3N6O3. The van der Waals surface area contributed by atoms with E-state index in [1.54, 1.807) is 46.5 Å². The van der Waals surface area contributed by atoms with Crippen LogP contribution in [0.4, 0.5) is 24.5 Å². The lowest BCUT2D eigenvalue weighted by Crippen LogP contribution is -2.55. The number of carbonyl (C=O) groups is 2. The number of aromatic nitrogens is 2. The first-order valence-electron chi connectivity index (χ1n) is 14.8. The van der Waals surface area contributed by atoms with E-state index in [9.17, 15) is 22.8 Å². The Morgan fingerprint density at radius 1 is 1.27 bits per heavy atom. The third-order valence-corrected chi connectivity index (χ3v) is 8.39. The lowest BCUT2D eigenvalue weighted by molar-refractivity contribution is -0.128. The molecule has 12 heteroatoms. The molecule has 3 aromatic rings. The number of hydrogen-bond acceptors (Lipinski definition) is 6. The predicted molar refractivity (Wildman–Crippen MR) is 163 cm³/mol. The van der Waals surface area contributed by atoms with Crippen molar-refractivity contribution < 1.29 is 27.5 Å². The van der Waals surface area contributed by atoms with Crippen LogP contribution in [0.5, 0.6) is 5.75 Å². The third kappa shape index (κ3) is 6.00. The second-order valence-corrected chi connectivity index (χ2v) is 11.6. The normalized spacial score (nSPS) is 20.6. The fraction of sp³-hybridized carbons (Fsp3) is 0.364. The fourth-order valence-electron chi connectivity index (χ4n) is 6.15. The molecule has 3 aliphatic heterocycles. The van der Waals surface area contributed by atoms with E-state index in [4.69, 9.17) is 4.74 Å². The van der Waals surface area contributed by atoms with Crippen LogP contribution in [0.2, 0.25) is 0 Å². The van der Waals surface area contributed by atoms with Crippen LogP contribution in [0.1, 0.15) is 41.4 Å². The molecule has 0 unspecified atom stereocenters. The first-order valence-corrected chi connectivity index (χ1v) is 14.8. The molecule has 9 nitrogen and oxygen atoms in total. The topological polar surface area (TPSA) is 103 Å². The van der Waals surface area contributed by atoms with Crippen LogP contribution in [0.3, 0.4) is 0 Å². The average Bonchev–Trinajstić information content (AvgIpc) is 3.57. The number of alkyl halides is 2. The Balaban J connectivity index is 1.31. The fourth-order valence-corrected chi connectivity index (χ4v) is 6.15. The van der Waals surface area contributed by atoms with Gasteiger partial charge in [-0.25, -0.2) is 13.2 Å². The van der Waals surface area contributed by atoms with Crippen molar-refractivity contribution in [1.82, 2.24) is 25.1 Å². The smallest absolute Gasteiger partial charge is 0.272 e. The van der Waals surface area contributed by atoms with Crippen LogP contribution >= 0.6 is 0 Å². The number of methoxy groups -OCH3 is 1. The van der Waals surface area contributed by atoms with Gasteiger partial charge >= 0.3 is 0 Å². The molecule has 234 valence electrons. The van der Waals surface area contributed by atoms with Crippen molar-refractivity contribution in [2.45, 2.75) is 37.6 Å². The van der Waals surface area contributed by atoms with E-state index >= 15 is 0 Å². The maximum atomic E-state index is 14.6. The van der Waals surface area contributed by atoms with Gasteiger partial charge in [0, 0.05) is 55.8 Å². The lowest BCUT2D eigenvalue weighted by atomic mass is 9.97. The molecule has 2 aromatic heterocycles. The first kappa shape index (κ1) is 30.3. The average molecular weight is 619 g/mol. The van der Waals surface area contributed by atoms with Crippen molar-refractivity contribution in [3.8, 4) is 28.8 Å². The number of likely N-dealkylation sites (tertiary alicyclic amines) is 2. The summed E-state index contributed by atoms with van der Waals surface area (Å²) in [6, 6.07) is 6.30. The number of anilines is 2. The summed E-state index contributed by atoms with van der Waals surface area (Å²) in [5, 5.41) is 6.11. The summed E-state index contributed by atoms with van der Waals surface area (Å²) in [6.45, 7) is 2.59. The maximum Gasteiger partial charge on any atom is 0.272 e.